The van der Waals surface area contributed by atoms with Crippen molar-refractivity contribution in [3.63, 3.8) is 0 Å². The number of hydrogen-bond acceptors (Lipinski definition) is 3. The Morgan fingerprint density at radius 2 is 1.89 bits per heavy atom. The van der Waals surface area contributed by atoms with Gasteiger partial charge in [0.15, 0.2) is 5.75 Å². The molecule has 0 saturated carbocycles. The zero-order valence-corrected chi connectivity index (χ0v) is 11.4. The van der Waals surface area contributed by atoms with Crippen molar-refractivity contribution in [3.05, 3.63) is 52.5 Å². The first-order valence-electron chi connectivity index (χ1n) is 5.62. The molecule has 0 atom stereocenters. The summed E-state index contributed by atoms with van der Waals surface area (Å²) in [7, 11) is 0. The molecule has 0 saturated heterocycles. The van der Waals surface area contributed by atoms with Gasteiger partial charge in [0, 0.05) is 11.1 Å². The molecule has 0 aromatic heterocycles. The normalized spacial score (nSPS) is 10.3. The van der Waals surface area contributed by atoms with Gasteiger partial charge < -0.3 is 15.6 Å². The van der Waals surface area contributed by atoms with Gasteiger partial charge in [-0.25, -0.2) is 0 Å². The van der Waals surface area contributed by atoms with Gasteiger partial charge >= 0.3 is 0 Å². The molecule has 3 nitrogen and oxygen atoms in total. The molecule has 0 aliphatic carbocycles. The van der Waals surface area contributed by atoms with Crippen LogP contribution in [0.25, 0.3) is 0 Å². The summed E-state index contributed by atoms with van der Waals surface area (Å²) in [5.74, 6) is 1.33. The highest BCUT2D eigenvalue weighted by molar-refractivity contribution is 9.10. The number of ether oxygens (including phenoxy) is 1. The molecule has 2 aromatic carbocycles. The predicted octanol–water partition coefficient (Wildman–Crippen LogP) is 3.36. The Morgan fingerprint density at radius 1 is 1.11 bits per heavy atom. The van der Waals surface area contributed by atoms with Crippen molar-refractivity contribution in [2.45, 2.75) is 6.42 Å². The fraction of sp³-hybridized carbons (Fsp3) is 0.143. The van der Waals surface area contributed by atoms with Gasteiger partial charge in [0.2, 0.25) is 0 Å². The summed E-state index contributed by atoms with van der Waals surface area (Å²) < 4.78 is 6.72. The number of anilines is 1. The molecule has 0 aliphatic heterocycles. The third-order valence-electron chi connectivity index (χ3n) is 2.55. The first kappa shape index (κ1) is 12.9. The van der Waals surface area contributed by atoms with Crippen LogP contribution in [-0.2, 0) is 6.42 Å². The number of aliphatic hydroxyl groups excluding tert-OH is 1. The van der Waals surface area contributed by atoms with Crippen molar-refractivity contribution in [1.29, 1.82) is 0 Å². The number of aliphatic hydroxyl groups is 1. The van der Waals surface area contributed by atoms with Crippen LogP contribution in [-0.4, -0.2) is 11.7 Å². The van der Waals surface area contributed by atoms with Crippen LogP contribution in [0.15, 0.2) is 46.9 Å². The van der Waals surface area contributed by atoms with Gasteiger partial charge in [-0.2, -0.15) is 0 Å². The van der Waals surface area contributed by atoms with Crippen LogP contribution < -0.4 is 10.5 Å². The van der Waals surface area contributed by atoms with Gasteiger partial charge in [-0.05, 0) is 36.2 Å². The van der Waals surface area contributed by atoms with E-state index in [-0.39, 0.29) is 6.61 Å². The molecular weight excluding hydrogens is 294 g/mol. The Hall–Kier alpha value is -1.52. The van der Waals surface area contributed by atoms with Gasteiger partial charge in [0.05, 0.1) is 5.69 Å². The maximum atomic E-state index is 9.02. The lowest BCUT2D eigenvalue weighted by atomic mass is 10.1. The van der Waals surface area contributed by atoms with E-state index in [0.717, 1.165) is 15.8 Å². The Morgan fingerprint density at radius 3 is 2.67 bits per heavy atom. The second-order valence-electron chi connectivity index (χ2n) is 3.87. The van der Waals surface area contributed by atoms with Crippen molar-refractivity contribution >= 4 is 21.6 Å². The van der Waals surface area contributed by atoms with E-state index in [1.807, 2.05) is 36.4 Å². The second-order valence-corrected chi connectivity index (χ2v) is 4.78. The topological polar surface area (TPSA) is 55.5 Å². The Bertz CT molecular complexity index is 543. The lowest BCUT2D eigenvalue weighted by Crippen LogP contribution is -1.97. The van der Waals surface area contributed by atoms with Crippen LogP contribution in [0.5, 0.6) is 11.5 Å². The quantitative estimate of drug-likeness (QED) is 0.852. The first-order chi connectivity index (χ1) is 8.70. The summed E-state index contributed by atoms with van der Waals surface area (Å²) in [6.45, 7) is 0.0916. The number of rotatable bonds is 4. The molecule has 0 spiro atoms. The van der Waals surface area contributed by atoms with Crippen molar-refractivity contribution in [2.24, 2.45) is 0 Å². The minimum absolute atomic E-state index is 0.0916. The molecule has 2 aromatic rings. The smallest absolute Gasteiger partial charge is 0.151 e. The van der Waals surface area contributed by atoms with Gasteiger partial charge in [0.1, 0.15) is 5.75 Å². The Balaban J connectivity index is 2.30. The number of halogens is 1. The van der Waals surface area contributed by atoms with Crippen LogP contribution in [0.4, 0.5) is 5.69 Å². The summed E-state index contributed by atoms with van der Waals surface area (Å²) in [6.07, 6.45) is 0.560. The second kappa shape index (κ2) is 5.89. The summed E-state index contributed by atoms with van der Waals surface area (Å²) in [5.41, 5.74) is 7.40. The summed E-state index contributed by atoms with van der Waals surface area (Å²) in [5, 5.41) is 9.02. The molecule has 0 aliphatic rings. The zero-order chi connectivity index (χ0) is 13.0. The molecular formula is C14H14BrNO2. The fourth-order valence-corrected chi connectivity index (χ4v) is 1.99. The van der Waals surface area contributed by atoms with Crippen LogP contribution in [0, 0.1) is 0 Å². The molecule has 0 radical (unpaired) electrons. The van der Waals surface area contributed by atoms with E-state index < -0.39 is 0 Å². The standard InChI is InChI=1S/C14H14BrNO2/c15-11-5-6-12(16)14(9-11)18-13-4-2-1-3-10(13)7-8-17/h1-6,9,17H,7-8,16H2. The molecule has 3 N–H and O–H groups in total. The molecule has 0 unspecified atom stereocenters. The molecule has 2 rings (SSSR count). The van der Waals surface area contributed by atoms with Crippen LogP contribution >= 0.6 is 15.9 Å². The van der Waals surface area contributed by atoms with Gasteiger partial charge in [-0.3, -0.25) is 0 Å². The lowest BCUT2D eigenvalue weighted by Gasteiger charge is -2.12. The summed E-state index contributed by atoms with van der Waals surface area (Å²) >= 11 is 3.38. The summed E-state index contributed by atoms with van der Waals surface area (Å²) in [6, 6.07) is 13.1. The zero-order valence-electron chi connectivity index (χ0n) is 9.77. The first-order valence-corrected chi connectivity index (χ1v) is 6.41. The minimum atomic E-state index is 0.0916. The van der Waals surface area contributed by atoms with Crippen LogP contribution in [0.3, 0.4) is 0 Å². The highest BCUT2D eigenvalue weighted by atomic mass is 79.9. The Labute approximate surface area is 114 Å². The highest BCUT2D eigenvalue weighted by Gasteiger charge is 2.07. The van der Waals surface area contributed by atoms with Crippen molar-refractivity contribution in [1.82, 2.24) is 0 Å². The fourth-order valence-electron chi connectivity index (χ4n) is 1.65. The molecule has 4 heteroatoms. The number of nitrogen functional groups attached to an aromatic ring is 1. The number of para-hydroxylation sites is 1. The lowest BCUT2D eigenvalue weighted by molar-refractivity contribution is 0.298. The number of hydrogen-bond donors (Lipinski definition) is 2. The third-order valence-corrected chi connectivity index (χ3v) is 3.04. The van der Waals surface area contributed by atoms with E-state index in [1.165, 1.54) is 0 Å². The SMILES string of the molecule is Nc1ccc(Br)cc1Oc1ccccc1CCO. The highest BCUT2D eigenvalue weighted by Crippen LogP contribution is 2.32. The molecule has 94 valence electrons. The third kappa shape index (κ3) is 3.03. The number of nitrogens with two attached hydrogens (primary N) is 1. The molecule has 0 bridgehead atoms. The molecule has 18 heavy (non-hydrogen) atoms. The monoisotopic (exact) mass is 307 g/mol. The van der Waals surface area contributed by atoms with Crippen LogP contribution in [0.1, 0.15) is 5.56 Å². The van der Waals surface area contributed by atoms with Crippen molar-refractivity contribution in [3.8, 4) is 11.5 Å². The Kier molecular flexibility index (Phi) is 4.23. The van der Waals surface area contributed by atoms with E-state index in [2.05, 4.69) is 15.9 Å². The van der Waals surface area contributed by atoms with E-state index in [0.29, 0.717) is 17.9 Å². The predicted molar refractivity (Wildman–Crippen MR) is 75.9 cm³/mol. The average molecular weight is 308 g/mol. The number of benzene rings is 2. The van der Waals surface area contributed by atoms with E-state index in [4.69, 9.17) is 15.6 Å². The molecule has 0 fully saturated rings. The summed E-state index contributed by atoms with van der Waals surface area (Å²) in [4.78, 5) is 0. The van der Waals surface area contributed by atoms with E-state index in [9.17, 15) is 0 Å². The van der Waals surface area contributed by atoms with Crippen LogP contribution in [0.2, 0.25) is 0 Å². The van der Waals surface area contributed by atoms with E-state index in [1.54, 1.807) is 6.07 Å². The largest absolute Gasteiger partial charge is 0.455 e. The van der Waals surface area contributed by atoms with Gasteiger partial charge in [0.25, 0.3) is 0 Å². The average Bonchev–Trinajstić information content (AvgIpc) is 2.36. The maximum Gasteiger partial charge on any atom is 0.151 e. The van der Waals surface area contributed by atoms with E-state index >= 15 is 0 Å². The van der Waals surface area contributed by atoms with Crippen molar-refractivity contribution in [2.75, 3.05) is 12.3 Å². The molecule has 0 amide bonds. The molecule has 0 heterocycles. The van der Waals surface area contributed by atoms with Gasteiger partial charge in [-0.15, -0.1) is 0 Å². The maximum absolute atomic E-state index is 9.02. The van der Waals surface area contributed by atoms with Gasteiger partial charge in [-0.1, -0.05) is 34.1 Å². The van der Waals surface area contributed by atoms with Crippen molar-refractivity contribution < 1.29 is 9.84 Å². The minimum Gasteiger partial charge on any atom is -0.455 e.